The third-order valence-electron chi connectivity index (χ3n) is 7.31. The Morgan fingerprint density at radius 3 is 2.17 bits per heavy atom. The van der Waals surface area contributed by atoms with Gasteiger partial charge in [0, 0.05) is 55.9 Å². The van der Waals surface area contributed by atoms with Crippen LogP contribution in [0.25, 0.3) is 0 Å². The van der Waals surface area contributed by atoms with Crippen LogP contribution in [-0.4, -0.2) is 66.6 Å². The molecule has 0 aromatic heterocycles. The molecule has 0 radical (unpaired) electrons. The van der Waals surface area contributed by atoms with Crippen LogP contribution in [0.1, 0.15) is 30.4 Å². The van der Waals surface area contributed by atoms with Crippen molar-refractivity contribution in [1.82, 2.24) is 10.2 Å². The molecule has 1 aromatic carbocycles. The molecule has 2 N–H and O–H groups in total. The maximum absolute atomic E-state index is 13.8. The molecule has 3 aliphatic heterocycles. The van der Waals surface area contributed by atoms with Crippen molar-refractivity contribution in [3.8, 4) is 0 Å². The van der Waals surface area contributed by atoms with Gasteiger partial charge in [0.1, 0.15) is 6.04 Å². The van der Waals surface area contributed by atoms with Crippen molar-refractivity contribution in [1.29, 1.82) is 0 Å². The van der Waals surface area contributed by atoms with Crippen LogP contribution in [0.2, 0.25) is 0 Å². The van der Waals surface area contributed by atoms with Crippen LogP contribution in [0.3, 0.4) is 0 Å². The summed E-state index contributed by atoms with van der Waals surface area (Å²) in [4.78, 5) is 15.1. The molecule has 0 spiro atoms. The highest BCUT2D eigenvalue weighted by atomic mass is 19.4. The maximum atomic E-state index is 13.8. The number of carboxylic acids is 1. The van der Waals surface area contributed by atoms with Gasteiger partial charge in [0.2, 0.25) is 0 Å². The SMILES string of the molecule is O=C(O)C1NC(C(C(F)(F)F)C(F)(F)F)C2CN(Cc3ccc(N4CCCC4)cc3C(F)F)CC12. The van der Waals surface area contributed by atoms with Gasteiger partial charge in [-0.1, -0.05) is 6.07 Å². The van der Waals surface area contributed by atoms with E-state index in [-0.39, 0.29) is 30.8 Å². The van der Waals surface area contributed by atoms with Crippen molar-refractivity contribution in [3.63, 3.8) is 0 Å². The summed E-state index contributed by atoms with van der Waals surface area (Å²) in [6.07, 6.45) is -12.2. The smallest absolute Gasteiger partial charge is 0.402 e. The van der Waals surface area contributed by atoms with E-state index in [0.29, 0.717) is 5.69 Å². The van der Waals surface area contributed by atoms with E-state index < -0.39 is 54.6 Å². The number of carboxylic acid groups (broad SMARTS) is 1. The third-order valence-corrected chi connectivity index (χ3v) is 7.31. The summed E-state index contributed by atoms with van der Waals surface area (Å²) < 4.78 is 108. The van der Waals surface area contributed by atoms with E-state index in [1.165, 1.54) is 17.0 Å². The van der Waals surface area contributed by atoms with Gasteiger partial charge in [-0.15, -0.1) is 0 Å². The number of rotatable bonds is 6. The lowest BCUT2D eigenvalue weighted by atomic mass is 9.84. The van der Waals surface area contributed by atoms with Gasteiger partial charge in [0.05, 0.1) is 0 Å². The first-order chi connectivity index (χ1) is 16.3. The Labute approximate surface area is 196 Å². The summed E-state index contributed by atoms with van der Waals surface area (Å²) in [5.74, 6) is -7.56. The van der Waals surface area contributed by atoms with E-state index >= 15 is 0 Å². The number of aliphatic carboxylic acids is 1. The van der Waals surface area contributed by atoms with E-state index in [9.17, 15) is 45.0 Å². The molecule has 1 aromatic rings. The zero-order chi connectivity index (χ0) is 25.7. The summed E-state index contributed by atoms with van der Waals surface area (Å²) in [7, 11) is 0. The van der Waals surface area contributed by atoms with Gasteiger partial charge in [-0.3, -0.25) is 9.69 Å². The van der Waals surface area contributed by atoms with Crippen LogP contribution in [0.4, 0.5) is 40.8 Å². The van der Waals surface area contributed by atoms with Crippen molar-refractivity contribution in [3.05, 3.63) is 29.3 Å². The number of anilines is 1. The predicted molar refractivity (Wildman–Crippen MR) is 109 cm³/mol. The minimum absolute atomic E-state index is 0.121. The van der Waals surface area contributed by atoms with Gasteiger partial charge in [0.25, 0.3) is 6.43 Å². The second kappa shape index (κ2) is 9.38. The Morgan fingerprint density at radius 1 is 1.03 bits per heavy atom. The summed E-state index contributed by atoms with van der Waals surface area (Å²) in [5, 5.41) is 11.5. The molecular formula is C22H25F8N3O2. The highest BCUT2D eigenvalue weighted by molar-refractivity contribution is 5.74. The predicted octanol–water partition coefficient (Wildman–Crippen LogP) is 4.44. The molecule has 196 valence electrons. The zero-order valence-electron chi connectivity index (χ0n) is 18.4. The average Bonchev–Trinajstić information content (AvgIpc) is 3.44. The molecule has 3 saturated heterocycles. The fraction of sp³-hybridized carbons (Fsp3) is 0.682. The quantitative estimate of drug-likeness (QED) is 0.549. The van der Waals surface area contributed by atoms with E-state index in [1.807, 2.05) is 4.90 Å². The van der Waals surface area contributed by atoms with Crippen LogP contribution >= 0.6 is 0 Å². The lowest BCUT2D eigenvalue weighted by Crippen LogP contribution is -2.53. The van der Waals surface area contributed by atoms with Crippen LogP contribution < -0.4 is 10.2 Å². The lowest BCUT2D eigenvalue weighted by molar-refractivity contribution is -0.293. The third kappa shape index (κ3) is 5.20. The number of nitrogens with zero attached hydrogens (tertiary/aromatic N) is 2. The molecule has 4 unspecified atom stereocenters. The molecule has 5 nitrogen and oxygen atoms in total. The molecule has 3 aliphatic rings. The molecule has 3 fully saturated rings. The topological polar surface area (TPSA) is 55.8 Å². The Hall–Kier alpha value is -2.15. The second-order valence-electron chi connectivity index (χ2n) is 9.47. The molecular weight excluding hydrogens is 490 g/mol. The van der Waals surface area contributed by atoms with Gasteiger partial charge in [0.15, 0.2) is 5.92 Å². The Balaban J connectivity index is 1.58. The number of benzene rings is 1. The molecule has 4 rings (SSSR count). The van der Waals surface area contributed by atoms with Gasteiger partial charge in [-0.25, -0.2) is 8.78 Å². The number of hydrogen-bond acceptors (Lipinski definition) is 4. The maximum Gasteiger partial charge on any atom is 0.402 e. The molecule has 35 heavy (non-hydrogen) atoms. The number of halogens is 8. The second-order valence-corrected chi connectivity index (χ2v) is 9.47. The van der Waals surface area contributed by atoms with Crippen molar-refractivity contribution < 1.29 is 45.0 Å². The standard InChI is InChI=1S/C22H25F8N3O2/c23-19(24)13-7-12(33-5-1-2-6-33)4-3-11(13)8-32-9-14-15(10-32)17(20(34)35)31-16(14)18(21(25,26)27)22(28,29)30/h3-4,7,14-19,31H,1-2,5-6,8-10H2,(H,34,35). The van der Waals surface area contributed by atoms with Crippen molar-refractivity contribution in [2.75, 3.05) is 31.1 Å². The Morgan fingerprint density at radius 2 is 1.63 bits per heavy atom. The molecule has 3 heterocycles. The monoisotopic (exact) mass is 515 g/mol. The summed E-state index contributed by atoms with van der Waals surface area (Å²) in [6, 6.07) is 0.766. The van der Waals surface area contributed by atoms with Gasteiger partial charge in [-0.2, -0.15) is 26.3 Å². The number of likely N-dealkylation sites (tertiary alicyclic amines) is 1. The first-order valence-electron chi connectivity index (χ1n) is 11.3. The molecule has 0 amide bonds. The molecule has 0 aliphatic carbocycles. The van der Waals surface area contributed by atoms with Gasteiger partial charge < -0.3 is 15.3 Å². The summed E-state index contributed by atoms with van der Waals surface area (Å²) in [5.41, 5.74) is 0.593. The molecule has 13 heteroatoms. The zero-order valence-corrected chi connectivity index (χ0v) is 18.4. The van der Waals surface area contributed by atoms with Crippen molar-refractivity contribution >= 4 is 11.7 Å². The first kappa shape index (κ1) is 25.9. The largest absolute Gasteiger partial charge is 0.480 e. The molecule has 4 atom stereocenters. The van der Waals surface area contributed by atoms with Crippen molar-refractivity contribution in [2.45, 2.75) is 50.2 Å². The number of alkyl halides is 8. The van der Waals surface area contributed by atoms with Crippen LogP contribution in [-0.2, 0) is 11.3 Å². The van der Waals surface area contributed by atoms with E-state index in [2.05, 4.69) is 5.32 Å². The number of nitrogens with one attached hydrogen (secondary N) is 1. The van der Waals surface area contributed by atoms with E-state index in [1.54, 1.807) is 6.07 Å². The summed E-state index contributed by atoms with van der Waals surface area (Å²) in [6.45, 7) is 0.953. The fourth-order valence-electron chi connectivity index (χ4n) is 5.79. The highest BCUT2D eigenvalue weighted by Gasteiger charge is 2.66. The normalized spacial score (nSPS) is 27.9. The van der Waals surface area contributed by atoms with E-state index in [0.717, 1.165) is 25.9 Å². The van der Waals surface area contributed by atoms with Gasteiger partial charge >= 0.3 is 18.3 Å². The number of fused-ring (bicyclic) bond motifs is 1. The van der Waals surface area contributed by atoms with Crippen LogP contribution in [0, 0.1) is 17.8 Å². The lowest BCUT2D eigenvalue weighted by Gasteiger charge is -2.32. The minimum Gasteiger partial charge on any atom is -0.480 e. The number of carbonyl (C=O) groups is 1. The average molecular weight is 515 g/mol. The fourth-order valence-corrected chi connectivity index (χ4v) is 5.79. The van der Waals surface area contributed by atoms with Gasteiger partial charge in [-0.05, 0) is 36.5 Å². The Bertz CT molecular complexity index is 918. The Kier molecular flexibility index (Phi) is 6.95. The van der Waals surface area contributed by atoms with Crippen LogP contribution in [0.5, 0.6) is 0 Å². The molecule has 0 bridgehead atoms. The highest BCUT2D eigenvalue weighted by Crippen LogP contribution is 2.48. The van der Waals surface area contributed by atoms with E-state index in [4.69, 9.17) is 0 Å². The molecule has 0 saturated carbocycles. The van der Waals surface area contributed by atoms with Crippen LogP contribution in [0.15, 0.2) is 18.2 Å². The minimum atomic E-state index is -5.63. The van der Waals surface area contributed by atoms with Crippen molar-refractivity contribution in [2.24, 2.45) is 17.8 Å². The number of hydrogen-bond donors (Lipinski definition) is 2. The first-order valence-corrected chi connectivity index (χ1v) is 11.3. The summed E-state index contributed by atoms with van der Waals surface area (Å²) >= 11 is 0.